The maximum Gasteiger partial charge on any atom is 0.190 e. The molecule has 1 aliphatic rings. The zero-order valence-electron chi connectivity index (χ0n) is 10.4. The molecule has 0 saturated carbocycles. The third-order valence-corrected chi connectivity index (χ3v) is 3.05. The van der Waals surface area contributed by atoms with Crippen molar-refractivity contribution >= 4 is 11.5 Å². The number of amidine groups is 1. The molecule has 1 fully saturated rings. The van der Waals surface area contributed by atoms with Crippen LogP contribution in [0.5, 0.6) is 0 Å². The number of likely N-dealkylation sites (N-methyl/N-ethyl adjacent to an activating group) is 1. The Balaban J connectivity index is 2.16. The lowest BCUT2D eigenvalue weighted by Crippen LogP contribution is -2.31. The molecule has 6 nitrogen and oxygen atoms in total. The fraction of sp³-hybridized carbons (Fsp3) is 0.500. The van der Waals surface area contributed by atoms with Crippen LogP contribution in [-0.2, 0) is 4.74 Å². The van der Waals surface area contributed by atoms with Crippen LogP contribution in [0, 0.1) is 0 Å². The van der Waals surface area contributed by atoms with Crippen LogP contribution >= 0.6 is 0 Å². The predicted octanol–water partition coefficient (Wildman–Crippen LogP) is 0.791. The molecule has 6 heteroatoms. The summed E-state index contributed by atoms with van der Waals surface area (Å²) in [7, 11) is 1.95. The van der Waals surface area contributed by atoms with Gasteiger partial charge in [0.15, 0.2) is 5.84 Å². The van der Waals surface area contributed by atoms with Crippen molar-refractivity contribution in [3.63, 3.8) is 0 Å². The second kappa shape index (κ2) is 5.68. The Morgan fingerprint density at radius 3 is 3.22 bits per heavy atom. The Morgan fingerprint density at radius 1 is 1.72 bits per heavy atom. The highest BCUT2D eigenvalue weighted by Gasteiger charge is 2.19. The summed E-state index contributed by atoms with van der Waals surface area (Å²) in [6, 6.07) is 3.73. The summed E-state index contributed by atoms with van der Waals surface area (Å²) < 4.78 is 5.60. The molecular formula is C12H18N4O2. The molecule has 0 bridgehead atoms. The average molecular weight is 250 g/mol. The monoisotopic (exact) mass is 250 g/mol. The molecule has 0 radical (unpaired) electrons. The number of oxime groups is 1. The third kappa shape index (κ3) is 2.70. The van der Waals surface area contributed by atoms with E-state index < -0.39 is 0 Å². The van der Waals surface area contributed by atoms with E-state index in [4.69, 9.17) is 15.7 Å². The van der Waals surface area contributed by atoms with Crippen molar-refractivity contribution in [3.05, 3.63) is 24.0 Å². The van der Waals surface area contributed by atoms with Crippen molar-refractivity contribution in [2.45, 2.75) is 18.9 Å². The largest absolute Gasteiger partial charge is 0.409 e. The van der Waals surface area contributed by atoms with Crippen LogP contribution in [-0.4, -0.2) is 42.3 Å². The highest BCUT2D eigenvalue weighted by atomic mass is 16.5. The molecule has 2 heterocycles. The van der Waals surface area contributed by atoms with Gasteiger partial charge in [0.1, 0.15) is 5.69 Å². The first-order valence-electron chi connectivity index (χ1n) is 5.98. The molecule has 1 saturated heterocycles. The van der Waals surface area contributed by atoms with Gasteiger partial charge in [0, 0.05) is 26.4 Å². The van der Waals surface area contributed by atoms with Crippen LogP contribution in [0.4, 0.5) is 5.69 Å². The molecule has 0 aliphatic carbocycles. The van der Waals surface area contributed by atoms with E-state index in [0.29, 0.717) is 5.69 Å². The molecule has 3 N–H and O–H groups in total. The van der Waals surface area contributed by atoms with Gasteiger partial charge >= 0.3 is 0 Å². The number of hydrogen-bond donors (Lipinski definition) is 2. The Kier molecular flexibility index (Phi) is 3.99. The lowest BCUT2D eigenvalue weighted by molar-refractivity contribution is 0.116. The van der Waals surface area contributed by atoms with E-state index in [-0.39, 0.29) is 11.9 Å². The van der Waals surface area contributed by atoms with Crippen LogP contribution in [0.15, 0.2) is 23.5 Å². The van der Waals surface area contributed by atoms with Gasteiger partial charge in [-0.15, -0.1) is 0 Å². The first-order chi connectivity index (χ1) is 8.72. The highest BCUT2D eigenvalue weighted by molar-refractivity contribution is 6.00. The van der Waals surface area contributed by atoms with Gasteiger partial charge in [0.05, 0.1) is 11.8 Å². The van der Waals surface area contributed by atoms with E-state index in [1.165, 1.54) is 0 Å². The van der Waals surface area contributed by atoms with E-state index in [2.05, 4.69) is 10.1 Å². The fourth-order valence-electron chi connectivity index (χ4n) is 2.14. The van der Waals surface area contributed by atoms with Crippen molar-refractivity contribution in [1.82, 2.24) is 4.98 Å². The van der Waals surface area contributed by atoms with Crippen molar-refractivity contribution in [1.29, 1.82) is 0 Å². The summed E-state index contributed by atoms with van der Waals surface area (Å²) in [4.78, 5) is 6.17. The van der Waals surface area contributed by atoms with Crippen LogP contribution in [0.1, 0.15) is 18.5 Å². The van der Waals surface area contributed by atoms with Gasteiger partial charge in [-0.05, 0) is 25.0 Å². The summed E-state index contributed by atoms with van der Waals surface area (Å²) in [6.07, 6.45) is 4.05. The summed E-state index contributed by atoms with van der Waals surface area (Å²) in [6.45, 7) is 1.61. The topological polar surface area (TPSA) is 84.0 Å². The maximum absolute atomic E-state index is 8.76. The second-order valence-corrected chi connectivity index (χ2v) is 4.37. The summed E-state index contributed by atoms with van der Waals surface area (Å²) in [5, 5.41) is 11.8. The molecule has 98 valence electrons. The van der Waals surface area contributed by atoms with Crippen LogP contribution in [0.2, 0.25) is 0 Å². The number of pyridine rings is 1. The SMILES string of the molecule is CN(CC1CCCO1)c1cccnc1/C(N)=N/O. The van der Waals surface area contributed by atoms with Crippen LogP contribution in [0.3, 0.4) is 0 Å². The maximum atomic E-state index is 8.76. The Bertz CT molecular complexity index is 430. The summed E-state index contributed by atoms with van der Waals surface area (Å²) >= 11 is 0. The van der Waals surface area contributed by atoms with Crippen molar-refractivity contribution < 1.29 is 9.94 Å². The van der Waals surface area contributed by atoms with Crippen molar-refractivity contribution in [2.75, 3.05) is 25.1 Å². The number of rotatable bonds is 4. The lowest BCUT2D eigenvalue weighted by atomic mass is 10.2. The predicted molar refractivity (Wildman–Crippen MR) is 69.0 cm³/mol. The molecule has 2 rings (SSSR count). The average Bonchev–Trinajstić information content (AvgIpc) is 2.90. The van der Waals surface area contributed by atoms with Gasteiger partial charge in [-0.2, -0.15) is 0 Å². The minimum atomic E-state index is 0.0183. The molecular weight excluding hydrogens is 232 g/mol. The fourth-order valence-corrected chi connectivity index (χ4v) is 2.14. The number of nitrogens with two attached hydrogens (primary N) is 1. The van der Waals surface area contributed by atoms with E-state index in [9.17, 15) is 0 Å². The number of hydrogen-bond acceptors (Lipinski definition) is 5. The molecule has 18 heavy (non-hydrogen) atoms. The first kappa shape index (κ1) is 12.6. The molecule has 0 spiro atoms. The Labute approximate surface area is 106 Å². The number of aromatic nitrogens is 1. The van der Waals surface area contributed by atoms with Crippen LogP contribution < -0.4 is 10.6 Å². The Morgan fingerprint density at radius 2 is 2.56 bits per heavy atom. The van der Waals surface area contributed by atoms with E-state index in [1.54, 1.807) is 6.20 Å². The van der Waals surface area contributed by atoms with Gasteiger partial charge in [-0.25, -0.2) is 0 Å². The van der Waals surface area contributed by atoms with E-state index in [0.717, 1.165) is 31.7 Å². The molecule has 1 atom stereocenters. The molecule has 0 aromatic carbocycles. The number of anilines is 1. The summed E-state index contributed by atoms with van der Waals surface area (Å²) in [5.41, 5.74) is 6.94. The zero-order valence-corrected chi connectivity index (χ0v) is 10.4. The third-order valence-electron chi connectivity index (χ3n) is 3.05. The van der Waals surface area contributed by atoms with Crippen LogP contribution in [0.25, 0.3) is 0 Å². The van der Waals surface area contributed by atoms with Gasteiger partial charge < -0.3 is 20.6 Å². The smallest absolute Gasteiger partial charge is 0.190 e. The molecule has 1 aliphatic heterocycles. The standard InChI is InChI=1S/C12H18N4O2/c1-16(8-9-4-3-7-18-9)10-5-2-6-14-11(10)12(13)15-17/h2,5-6,9,17H,3-4,7-8H2,1H3,(H2,13,15). The molecule has 1 unspecified atom stereocenters. The zero-order chi connectivity index (χ0) is 13.0. The number of nitrogens with zero attached hydrogens (tertiary/aromatic N) is 3. The van der Waals surface area contributed by atoms with Gasteiger partial charge in [-0.1, -0.05) is 5.16 Å². The van der Waals surface area contributed by atoms with Crippen molar-refractivity contribution in [2.24, 2.45) is 10.9 Å². The molecule has 0 amide bonds. The highest BCUT2D eigenvalue weighted by Crippen LogP contribution is 2.20. The van der Waals surface area contributed by atoms with Gasteiger partial charge in [-0.3, -0.25) is 4.98 Å². The Hall–Kier alpha value is -1.82. The molecule has 1 aromatic rings. The minimum Gasteiger partial charge on any atom is -0.409 e. The minimum absolute atomic E-state index is 0.0183. The molecule has 1 aromatic heterocycles. The first-order valence-corrected chi connectivity index (χ1v) is 5.98. The second-order valence-electron chi connectivity index (χ2n) is 4.37. The lowest BCUT2D eigenvalue weighted by Gasteiger charge is -2.24. The normalized spacial score (nSPS) is 20.1. The van der Waals surface area contributed by atoms with Gasteiger partial charge in [0.25, 0.3) is 0 Å². The van der Waals surface area contributed by atoms with Crippen molar-refractivity contribution in [3.8, 4) is 0 Å². The number of ether oxygens (including phenoxy) is 1. The van der Waals surface area contributed by atoms with E-state index >= 15 is 0 Å². The summed E-state index contributed by atoms with van der Waals surface area (Å²) in [5.74, 6) is 0.0183. The van der Waals surface area contributed by atoms with E-state index in [1.807, 2.05) is 24.1 Å². The van der Waals surface area contributed by atoms with Gasteiger partial charge in [0.2, 0.25) is 0 Å². The quantitative estimate of drug-likeness (QED) is 0.357.